The van der Waals surface area contributed by atoms with Crippen LogP contribution in [0.2, 0.25) is 0 Å². The molecule has 108 valence electrons. The van der Waals surface area contributed by atoms with Gasteiger partial charge in [0.05, 0.1) is 0 Å². The highest BCUT2D eigenvalue weighted by Gasteiger charge is 2.15. The van der Waals surface area contributed by atoms with Crippen LogP contribution in [0.25, 0.3) is 0 Å². The van der Waals surface area contributed by atoms with Crippen LogP contribution in [-0.4, -0.2) is 28.6 Å². The van der Waals surface area contributed by atoms with Crippen LogP contribution >= 0.6 is 11.3 Å². The Morgan fingerprint density at radius 3 is 2.60 bits per heavy atom. The van der Waals surface area contributed by atoms with Gasteiger partial charge < -0.3 is 10.6 Å². The van der Waals surface area contributed by atoms with Crippen molar-refractivity contribution in [3.05, 3.63) is 41.8 Å². The number of thiophene rings is 1. The fourth-order valence-electron chi connectivity index (χ4n) is 1.70. The molecule has 0 aliphatic heterocycles. The second-order valence-electron chi connectivity index (χ2n) is 4.35. The second-order valence-corrected chi connectivity index (χ2v) is 7.26. The molecule has 0 radical (unpaired) electrons. The molecule has 0 amide bonds. The van der Waals surface area contributed by atoms with Crippen molar-refractivity contribution in [2.24, 2.45) is 0 Å². The van der Waals surface area contributed by atoms with Gasteiger partial charge in [-0.2, -0.15) is 0 Å². The Hall–Kier alpha value is -1.57. The lowest BCUT2D eigenvalue weighted by Gasteiger charge is -2.19. The number of nitrogens with zero attached hydrogens (tertiary/aromatic N) is 1. The number of nitrogens with two attached hydrogens (primary N) is 1. The molecule has 1 heterocycles. The number of hydrogen-bond donors (Lipinski definition) is 2. The van der Waals surface area contributed by atoms with E-state index in [0.717, 1.165) is 17.0 Å². The molecule has 0 bridgehead atoms. The zero-order valence-electron chi connectivity index (χ0n) is 11.1. The summed E-state index contributed by atoms with van der Waals surface area (Å²) in [5.41, 5.74) is 7.06. The van der Waals surface area contributed by atoms with Crippen LogP contribution in [0.5, 0.6) is 0 Å². The highest BCUT2D eigenvalue weighted by atomic mass is 32.2. The van der Waals surface area contributed by atoms with E-state index in [-0.39, 0.29) is 4.21 Å². The van der Waals surface area contributed by atoms with E-state index in [1.807, 2.05) is 42.3 Å². The van der Waals surface area contributed by atoms with Crippen molar-refractivity contribution in [2.45, 2.75) is 4.21 Å². The molecule has 0 atom stereocenters. The first-order valence-electron chi connectivity index (χ1n) is 6.09. The minimum Gasteiger partial charge on any atom is -0.398 e. The third-order valence-electron chi connectivity index (χ3n) is 2.80. The third kappa shape index (κ3) is 3.72. The summed E-state index contributed by atoms with van der Waals surface area (Å²) in [5, 5.41) is 1.62. The summed E-state index contributed by atoms with van der Waals surface area (Å²) >= 11 is 1.12. The summed E-state index contributed by atoms with van der Waals surface area (Å²) in [6, 6.07) is 11.3. The summed E-state index contributed by atoms with van der Waals surface area (Å²) in [6.07, 6.45) is 0. The predicted molar refractivity (Wildman–Crippen MR) is 83.6 cm³/mol. The van der Waals surface area contributed by atoms with Crippen LogP contribution in [0.4, 0.5) is 11.4 Å². The molecule has 1 aromatic carbocycles. The highest BCUT2D eigenvalue weighted by molar-refractivity contribution is 7.91. The summed E-state index contributed by atoms with van der Waals surface area (Å²) in [7, 11) is -1.53. The van der Waals surface area contributed by atoms with Gasteiger partial charge in [0.15, 0.2) is 0 Å². The molecule has 20 heavy (non-hydrogen) atoms. The number of hydrogen-bond acceptors (Lipinski definition) is 5. The van der Waals surface area contributed by atoms with Crippen molar-refractivity contribution in [3.63, 3.8) is 0 Å². The molecule has 0 unspecified atom stereocenters. The minimum absolute atomic E-state index is 0.248. The topological polar surface area (TPSA) is 75.4 Å². The van der Waals surface area contributed by atoms with E-state index in [2.05, 4.69) is 4.72 Å². The van der Waals surface area contributed by atoms with Crippen molar-refractivity contribution in [2.75, 3.05) is 30.8 Å². The predicted octanol–water partition coefficient (Wildman–Crippen LogP) is 1.75. The van der Waals surface area contributed by atoms with Crippen molar-refractivity contribution in [3.8, 4) is 0 Å². The van der Waals surface area contributed by atoms with E-state index in [9.17, 15) is 8.42 Å². The van der Waals surface area contributed by atoms with Crippen LogP contribution in [0.1, 0.15) is 0 Å². The molecule has 1 aromatic heterocycles. The SMILES string of the molecule is CN(CCNS(=O)(=O)c1cc(N)cs1)c1ccccc1. The fraction of sp³-hybridized carbons (Fsp3) is 0.231. The van der Waals surface area contributed by atoms with Gasteiger partial charge in [-0.05, 0) is 18.2 Å². The first-order chi connectivity index (χ1) is 9.49. The Balaban J connectivity index is 1.90. The molecule has 0 spiro atoms. The molecule has 0 aliphatic carbocycles. The molecule has 0 fully saturated rings. The summed E-state index contributed by atoms with van der Waals surface area (Å²) in [6.45, 7) is 0.926. The second kappa shape index (κ2) is 6.25. The molecule has 0 saturated carbocycles. The van der Waals surface area contributed by atoms with E-state index in [4.69, 9.17) is 5.73 Å². The summed E-state index contributed by atoms with van der Waals surface area (Å²) in [4.78, 5) is 1.99. The van der Waals surface area contributed by atoms with E-state index >= 15 is 0 Å². The number of nitrogens with one attached hydrogen (secondary N) is 1. The minimum atomic E-state index is -3.46. The molecule has 2 aromatic rings. The molecule has 5 nitrogen and oxygen atoms in total. The lowest BCUT2D eigenvalue weighted by molar-refractivity contribution is 0.583. The van der Waals surface area contributed by atoms with Gasteiger partial charge in [0.1, 0.15) is 4.21 Å². The van der Waals surface area contributed by atoms with Crippen molar-refractivity contribution in [1.82, 2.24) is 4.72 Å². The van der Waals surface area contributed by atoms with Crippen LogP contribution in [-0.2, 0) is 10.0 Å². The first kappa shape index (κ1) is 14.8. The van der Waals surface area contributed by atoms with Gasteiger partial charge in [-0.1, -0.05) is 18.2 Å². The molecule has 2 rings (SSSR count). The fourth-order valence-corrected chi connectivity index (χ4v) is 3.85. The zero-order valence-corrected chi connectivity index (χ0v) is 12.7. The quantitative estimate of drug-likeness (QED) is 0.852. The van der Waals surface area contributed by atoms with Crippen LogP contribution in [0.3, 0.4) is 0 Å². The first-order valence-corrected chi connectivity index (χ1v) is 8.45. The molecule has 0 saturated heterocycles. The number of rotatable bonds is 6. The van der Waals surface area contributed by atoms with Crippen molar-refractivity contribution >= 4 is 32.7 Å². The monoisotopic (exact) mass is 311 g/mol. The maximum Gasteiger partial charge on any atom is 0.250 e. The molecular weight excluding hydrogens is 294 g/mol. The maximum atomic E-state index is 12.0. The van der Waals surface area contributed by atoms with Gasteiger partial charge in [-0.25, -0.2) is 13.1 Å². The Morgan fingerprint density at radius 2 is 2.00 bits per heavy atom. The zero-order chi connectivity index (χ0) is 14.6. The number of likely N-dealkylation sites (N-methyl/N-ethyl adjacent to an activating group) is 1. The maximum absolute atomic E-state index is 12.0. The molecule has 3 N–H and O–H groups in total. The molecule has 0 aliphatic rings. The average Bonchev–Trinajstić information content (AvgIpc) is 2.87. The summed E-state index contributed by atoms with van der Waals surface area (Å²) in [5.74, 6) is 0. The van der Waals surface area contributed by atoms with Gasteiger partial charge in [-0.15, -0.1) is 11.3 Å². The van der Waals surface area contributed by atoms with E-state index in [0.29, 0.717) is 18.8 Å². The largest absolute Gasteiger partial charge is 0.398 e. The summed E-state index contributed by atoms with van der Waals surface area (Å²) < 4.78 is 26.8. The van der Waals surface area contributed by atoms with Gasteiger partial charge in [0.25, 0.3) is 0 Å². The number of para-hydroxylation sites is 1. The van der Waals surface area contributed by atoms with Crippen LogP contribution in [0.15, 0.2) is 46.0 Å². The molecular formula is C13H17N3O2S2. The third-order valence-corrected chi connectivity index (χ3v) is 5.72. The van der Waals surface area contributed by atoms with E-state index in [1.54, 1.807) is 5.38 Å². The lowest BCUT2D eigenvalue weighted by Crippen LogP contribution is -2.32. The smallest absolute Gasteiger partial charge is 0.250 e. The Kier molecular flexibility index (Phi) is 4.64. The Labute approximate surface area is 123 Å². The number of nitrogen functional groups attached to an aromatic ring is 1. The van der Waals surface area contributed by atoms with Crippen LogP contribution in [0, 0.1) is 0 Å². The van der Waals surface area contributed by atoms with E-state index < -0.39 is 10.0 Å². The van der Waals surface area contributed by atoms with Crippen molar-refractivity contribution in [1.29, 1.82) is 0 Å². The Bertz CT molecular complexity index is 653. The normalized spacial score (nSPS) is 11.4. The van der Waals surface area contributed by atoms with Gasteiger partial charge in [-0.3, -0.25) is 0 Å². The van der Waals surface area contributed by atoms with Crippen molar-refractivity contribution < 1.29 is 8.42 Å². The Morgan fingerprint density at radius 1 is 1.30 bits per heavy atom. The van der Waals surface area contributed by atoms with Gasteiger partial charge >= 0.3 is 0 Å². The lowest BCUT2D eigenvalue weighted by atomic mass is 10.3. The van der Waals surface area contributed by atoms with Gasteiger partial charge in [0, 0.05) is 36.9 Å². The highest BCUT2D eigenvalue weighted by Crippen LogP contribution is 2.21. The van der Waals surface area contributed by atoms with Gasteiger partial charge in [0.2, 0.25) is 10.0 Å². The average molecular weight is 311 g/mol. The number of anilines is 2. The number of sulfonamides is 1. The number of benzene rings is 1. The molecule has 7 heteroatoms. The van der Waals surface area contributed by atoms with Crippen LogP contribution < -0.4 is 15.4 Å². The van der Waals surface area contributed by atoms with E-state index in [1.165, 1.54) is 6.07 Å². The standard InChI is InChI=1S/C13H17N3O2S2/c1-16(12-5-3-2-4-6-12)8-7-15-20(17,18)13-9-11(14)10-19-13/h2-6,9-10,15H,7-8,14H2,1H3.